The van der Waals surface area contributed by atoms with E-state index in [9.17, 15) is 18.7 Å². The molecule has 0 spiro atoms. The predicted octanol–water partition coefficient (Wildman–Crippen LogP) is 8.31. The molecular formula is C28H38O8P2S2. The van der Waals surface area contributed by atoms with Crippen LogP contribution in [0, 0.1) is 13.8 Å². The van der Waals surface area contributed by atoms with Gasteiger partial charge >= 0.3 is 7.60 Å². The van der Waals surface area contributed by atoms with Gasteiger partial charge in [-0.3, -0.25) is 14.2 Å². The van der Waals surface area contributed by atoms with Gasteiger partial charge in [0.1, 0.15) is 11.5 Å². The van der Waals surface area contributed by atoms with Gasteiger partial charge in [0.15, 0.2) is 12.6 Å². The summed E-state index contributed by atoms with van der Waals surface area (Å²) in [6.45, 7) is 11.4. The maximum atomic E-state index is 12.8. The Balaban J connectivity index is 0.000000302. The Morgan fingerprint density at radius 1 is 0.725 bits per heavy atom. The number of carbonyl (C=O) groups is 2. The fourth-order valence-corrected chi connectivity index (χ4v) is 8.71. The van der Waals surface area contributed by atoms with Gasteiger partial charge in [0.2, 0.25) is 0 Å². The lowest BCUT2D eigenvalue weighted by atomic mass is 10.1. The van der Waals surface area contributed by atoms with Crippen molar-refractivity contribution in [2.24, 2.45) is 0 Å². The highest BCUT2D eigenvalue weighted by Gasteiger charge is 2.27. The molecule has 0 saturated carbocycles. The lowest BCUT2D eigenvalue weighted by Crippen LogP contribution is -2.03. The highest BCUT2D eigenvalue weighted by Crippen LogP contribution is 2.53. The topological polar surface area (TPSA) is 105 Å². The summed E-state index contributed by atoms with van der Waals surface area (Å²) < 4.78 is 46.5. The first-order valence-corrected chi connectivity index (χ1v) is 18.8. The lowest BCUT2D eigenvalue weighted by Gasteiger charge is -2.20. The normalized spacial score (nSPS) is 11.5. The van der Waals surface area contributed by atoms with Crippen molar-refractivity contribution in [2.75, 3.05) is 40.8 Å². The number of aldehydes is 2. The minimum atomic E-state index is -3.26. The molecule has 0 saturated heterocycles. The first-order valence-electron chi connectivity index (χ1n) is 12.6. The molecular weight excluding hydrogens is 590 g/mol. The van der Waals surface area contributed by atoms with Crippen molar-refractivity contribution in [3.63, 3.8) is 0 Å². The molecule has 0 unspecified atom stereocenters. The molecule has 3 aromatic rings. The van der Waals surface area contributed by atoms with Gasteiger partial charge in [0.05, 0.1) is 50.5 Å². The van der Waals surface area contributed by atoms with E-state index in [1.807, 2.05) is 26.0 Å². The molecule has 0 N–H and O–H groups in total. The highest BCUT2D eigenvalue weighted by atomic mass is 32.1. The minimum absolute atomic E-state index is 0.0877. The number of hydrogen-bond acceptors (Lipinski definition) is 10. The number of methoxy groups -OCH3 is 2. The van der Waals surface area contributed by atoms with E-state index in [0.717, 1.165) is 48.8 Å². The number of carbonyl (C=O) groups excluding carboxylic acids is 2. The molecule has 40 heavy (non-hydrogen) atoms. The first kappa shape index (κ1) is 34.1. The number of ether oxygens (including phenoxy) is 2. The Morgan fingerprint density at radius 2 is 1.12 bits per heavy atom. The molecule has 3 rings (SSSR count). The van der Waals surface area contributed by atoms with Crippen molar-refractivity contribution in [2.45, 2.75) is 40.0 Å². The Labute approximate surface area is 244 Å². The molecule has 2 heterocycles. The zero-order chi connectivity index (χ0) is 30.1. The molecule has 0 aliphatic carbocycles. The zero-order valence-corrected chi connectivity index (χ0v) is 27.7. The fraction of sp³-hybridized carbons (Fsp3) is 0.429. The van der Waals surface area contributed by atoms with E-state index in [4.69, 9.17) is 18.5 Å². The molecule has 8 nitrogen and oxygen atoms in total. The van der Waals surface area contributed by atoms with Gasteiger partial charge in [0, 0.05) is 27.0 Å². The second kappa shape index (κ2) is 15.2. The van der Waals surface area contributed by atoms with E-state index >= 15 is 0 Å². The van der Waals surface area contributed by atoms with Crippen molar-refractivity contribution in [3.05, 3.63) is 56.3 Å². The summed E-state index contributed by atoms with van der Waals surface area (Å²) in [5, 5.41) is 0. The van der Waals surface area contributed by atoms with Crippen LogP contribution in [0.5, 0.6) is 11.5 Å². The van der Waals surface area contributed by atoms with Crippen molar-refractivity contribution >= 4 is 50.0 Å². The van der Waals surface area contributed by atoms with Gasteiger partial charge in [-0.05, 0) is 76.4 Å². The van der Waals surface area contributed by atoms with Gasteiger partial charge in [-0.15, -0.1) is 22.7 Å². The Hall–Kier alpha value is -2.06. The van der Waals surface area contributed by atoms with Gasteiger partial charge in [-0.25, -0.2) is 0 Å². The first-order chi connectivity index (χ1) is 18.8. The van der Waals surface area contributed by atoms with Crippen LogP contribution < -0.4 is 9.47 Å². The van der Waals surface area contributed by atoms with Crippen molar-refractivity contribution < 1.29 is 37.2 Å². The molecule has 0 bridgehead atoms. The van der Waals surface area contributed by atoms with Crippen LogP contribution in [0.1, 0.15) is 55.4 Å². The van der Waals surface area contributed by atoms with Crippen LogP contribution in [0.25, 0.3) is 9.75 Å². The van der Waals surface area contributed by atoms with E-state index in [-0.39, 0.29) is 6.16 Å². The average Bonchev–Trinajstić information content (AvgIpc) is 3.45. The summed E-state index contributed by atoms with van der Waals surface area (Å²) in [7, 11) is -2.44. The highest BCUT2D eigenvalue weighted by molar-refractivity contribution is 7.61. The quantitative estimate of drug-likeness (QED) is 0.137. The maximum Gasteiger partial charge on any atom is 0.335 e. The van der Waals surface area contributed by atoms with Crippen LogP contribution in [0.4, 0.5) is 0 Å². The summed E-state index contributed by atoms with van der Waals surface area (Å²) in [6.07, 6.45) is 2.25. The minimum Gasteiger partial charge on any atom is -0.496 e. The molecule has 2 aromatic heterocycles. The van der Waals surface area contributed by atoms with Crippen molar-refractivity contribution in [1.29, 1.82) is 0 Å². The fourth-order valence-electron chi connectivity index (χ4n) is 3.88. The third-order valence-corrected chi connectivity index (χ3v) is 11.3. The van der Waals surface area contributed by atoms with Gasteiger partial charge in [-0.2, -0.15) is 0 Å². The van der Waals surface area contributed by atoms with Crippen LogP contribution >= 0.6 is 37.4 Å². The second-order valence-electron chi connectivity index (χ2n) is 9.36. The summed E-state index contributed by atoms with van der Waals surface area (Å²) in [5.74, 6) is 1.15. The molecule has 1 aromatic carbocycles. The number of thiophene rings is 2. The molecule has 0 aliphatic heterocycles. The van der Waals surface area contributed by atoms with E-state index in [2.05, 4.69) is 0 Å². The number of hydrogen-bond donors (Lipinski definition) is 0. The zero-order valence-electron chi connectivity index (χ0n) is 24.3. The van der Waals surface area contributed by atoms with Crippen LogP contribution in [-0.2, 0) is 30.5 Å². The molecule has 0 amide bonds. The molecule has 0 aliphatic rings. The van der Waals surface area contributed by atoms with Crippen LogP contribution in [0.2, 0.25) is 0 Å². The number of rotatable bonds is 13. The SMILES string of the molecule is CCOP(=O)(Cc1cc(OC)c(CP(C)(C)=O)cc1OC)OCC.Cc1cc(-c2cc(C)c(C=O)s2)sc1C=O. The van der Waals surface area contributed by atoms with E-state index in [0.29, 0.717) is 36.4 Å². The Kier molecular flexibility index (Phi) is 13.0. The Morgan fingerprint density at radius 3 is 1.43 bits per heavy atom. The van der Waals surface area contributed by atoms with Crippen LogP contribution in [-0.4, -0.2) is 53.3 Å². The predicted molar refractivity (Wildman–Crippen MR) is 165 cm³/mol. The third kappa shape index (κ3) is 9.51. The summed E-state index contributed by atoms with van der Waals surface area (Å²) in [6, 6.07) is 7.53. The van der Waals surface area contributed by atoms with E-state index in [1.54, 1.807) is 53.5 Å². The number of aryl methyl sites for hydroxylation is 2. The average molecular weight is 629 g/mol. The van der Waals surface area contributed by atoms with Gasteiger partial charge in [-0.1, -0.05) is 0 Å². The standard InChI is InChI=1S/C16H28O6P2.C12H10O2S2/c1-7-21-24(18,22-8-2)12-14-10-15(19-3)13(9-16(14)20-4)11-23(5,6)17;1-7-3-9(15-11(7)5-13)10-4-8(2)12(6-14)16-10/h9-10H,7-8,11-12H2,1-6H3;3-6H,1-2H3. The van der Waals surface area contributed by atoms with Crippen molar-refractivity contribution in [3.8, 4) is 21.3 Å². The van der Waals surface area contributed by atoms with E-state index < -0.39 is 14.7 Å². The van der Waals surface area contributed by atoms with E-state index in [1.165, 1.54) is 22.7 Å². The van der Waals surface area contributed by atoms with Gasteiger partial charge in [0.25, 0.3) is 0 Å². The Bertz CT molecular complexity index is 1340. The van der Waals surface area contributed by atoms with Gasteiger partial charge < -0.3 is 23.1 Å². The monoisotopic (exact) mass is 628 g/mol. The maximum absolute atomic E-state index is 12.8. The summed E-state index contributed by atoms with van der Waals surface area (Å²) >= 11 is 2.94. The molecule has 12 heteroatoms. The van der Waals surface area contributed by atoms with Crippen LogP contribution in [0.3, 0.4) is 0 Å². The molecule has 0 radical (unpaired) electrons. The number of benzene rings is 1. The summed E-state index contributed by atoms with van der Waals surface area (Å²) in [4.78, 5) is 25.1. The second-order valence-corrected chi connectivity index (χ2v) is 17.1. The third-order valence-electron chi connectivity index (χ3n) is 5.62. The van der Waals surface area contributed by atoms with Crippen molar-refractivity contribution in [1.82, 2.24) is 0 Å². The molecule has 220 valence electrons. The largest absolute Gasteiger partial charge is 0.496 e. The molecule has 0 atom stereocenters. The molecule has 0 fully saturated rings. The smallest absolute Gasteiger partial charge is 0.335 e. The summed E-state index contributed by atoms with van der Waals surface area (Å²) in [5.41, 5.74) is 3.46. The van der Waals surface area contributed by atoms with Crippen LogP contribution in [0.15, 0.2) is 24.3 Å². The lowest BCUT2D eigenvalue weighted by molar-refractivity contribution is 0.111.